The zero-order valence-electron chi connectivity index (χ0n) is 20.6. The fourth-order valence-corrected chi connectivity index (χ4v) is 6.49. The Bertz CT molecular complexity index is 1380. The second-order valence-corrected chi connectivity index (χ2v) is 11.2. The SMILES string of the molecule is CN(C)C(=O)c1sc2cc(OCC(O)CN3CCC(c4ccc5ccccc5c4)CC3)ccc2c1Cl. The Morgan fingerprint density at radius 2 is 1.86 bits per heavy atom. The third-order valence-electron chi connectivity index (χ3n) is 6.95. The predicted molar refractivity (Wildman–Crippen MR) is 149 cm³/mol. The van der Waals surface area contributed by atoms with Crippen LogP contribution >= 0.6 is 22.9 Å². The monoisotopic (exact) mass is 522 g/mol. The van der Waals surface area contributed by atoms with E-state index < -0.39 is 6.10 Å². The quantitative estimate of drug-likeness (QED) is 0.322. The molecule has 2 heterocycles. The number of likely N-dealkylation sites (tertiary alicyclic amines) is 1. The lowest BCUT2D eigenvalue weighted by Gasteiger charge is -2.33. The largest absolute Gasteiger partial charge is 0.491 e. The van der Waals surface area contributed by atoms with Crippen LogP contribution < -0.4 is 4.74 Å². The first-order chi connectivity index (χ1) is 17.4. The maximum Gasteiger partial charge on any atom is 0.264 e. The van der Waals surface area contributed by atoms with Gasteiger partial charge in [0.25, 0.3) is 5.91 Å². The smallest absolute Gasteiger partial charge is 0.264 e. The molecular weight excluding hydrogens is 492 g/mol. The first-order valence-electron chi connectivity index (χ1n) is 12.3. The Hall–Kier alpha value is -2.64. The summed E-state index contributed by atoms with van der Waals surface area (Å²) in [5, 5.41) is 14.5. The van der Waals surface area contributed by atoms with E-state index in [1.165, 1.54) is 32.6 Å². The Morgan fingerprint density at radius 1 is 1.11 bits per heavy atom. The van der Waals surface area contributed by atoms with Crippen molar-refractivity contribution < 1.29 is 14.6 Å². The molecule has 36 heavy (non-hydrogen) atoms. The standard InChI is InChI=1S/C29H31ClN2O3S/c1-31(2)29(34)28-27(30)25-10-9-24(16-26(25)36-28)35-18-23(33)17-32-13-11-20(12-14-32)22-8-7-19-5-3-4-6-21(19)15-22/h3-10,15-16,20,23,33H,11-14,17-18H2,1-2H3. The number of nitrogens with zero attached hydrogens (tertiary/aromatic N) is 2. The van der Waals surface area contributed by atoms with Gasteiger partial charge in [-0.2, -0.15) is 0 Å². The van der Waals surface area contributed by atoms with Crippen molar-refractivity contribution in [3.8, 4) is 5.75 Å². The molecule has 0 bridgehead atoms. The Morgan fingerprint density at radius 3 is 2.61 bits per heavy atom. The summed E-state index contributed by atoms with van der Waals surface area (Å²) in [6, 6.07) is 20.9. The highest BCUT2D eigenvalue weighted by Gasteiger charge is 2.23. The van der Waals surface area contributed by atoms with E-state index in [9.17, 15) is 9.90 Å². The van der Waals surface area contributed by atoms with Gasteiger partial charge in [0.15, 0.2) is 0 Å². The molecule has 1 aromatic heterocycles. The minimum Gasteiger partial charge on any atom is -0.491 e. The number of carbonyl (C=O) groups is 1. The highest BCUT2D eigenvalue weighted by Crippen LogP contribution is 2.38. The zero-order valence-corrected chi connectivity index (χ0v) is 22.2. The van der Waals surface area contributed by atoms with E-state index in [4.69, 9.17) is 16.3 Å². The van der Waals surface area contributed by atoms with Gasteiger partial charge in [-0.25, -0.2) is 0 Å². The molecular formula is C29H31ClN2O3S. The number of carbonyl (C=O) groups excluding carboxylic acids is 1. The number of halogens is 1. The minimum atomic E-state index is -0.573. The number of piperidine rings is 1. The molecule has 4 aromatic rings. The summed E-state index contributed by atoms with van der Waals surface area (Å²) >= 11 is 7.80. The summed E-state index contributed by atoms with van der Waals surface area (Å²) < 4.78 is 6.79. The van der Waals surface area contributed by atoms with Crippen LogP contribution in [0.4, 0.5) is 0 Å². The highest BCUT2D eigenvalue weighted by molar-refractivity contribution is 7.21. The van der Waals surface area contributed by atoms with Crippen LogP contribution in [0, 0.1) is 0 Å². The van der Waals surface area contributed by atoms with Gasteiger partial charge in [0.2, 0.25) is 0 Å². The minimum absolute atomic E-state index is 0.108. The number of β-amino-alcohol motifs (C(OH)–C–C–N with tert-alkyl or cyclic N) is 1. The van der Waals surface area contributed by atoms with Gasteiger partial charge >= 0.3 is 0 Å². The summed E-state index contributed by atoms with van der Waals surface area (Å²) in [4.78, 5) is 16.7. The molecule has 1 fully saturated rings. The second kappa shape index (κ2) is 10.8. The maximum atomic E-state index is 12.4. The van der Waals surface area contributed by atoms with Crippen molar-refractivity contribution in [2.24, 2.45) is 0 Å². The van der Waals surface area contributed by atoms with E-state index >= 15 is 0 Å². The number of rotatable bonds is 7. The van der Waals surface area contributed by atoms with Crippen molar-refractivity contribution in [1.29, 1.82) is 0 Å². The second-order valence-electron chi connectivity index (χ2n) is 9.75. The van der Waals surface area contributed by atoms with Gasteiger partial charge in [-0.05, 0) is 66.4 Å². The van der Waals surface area contributed by atoms with Crippen LogP contribution in [0.5, 0.6) is 5.75 Å². The fraction of sp³-hybridized carbons (Fsp3) is 0.345. The van der Waals surface area contributed by atoms with Gasteiger partial charge < -0.3 is 19.6 Å². The van der Waals surface area contributed by atoms with Crippen molar-refractivity contribution >= 4 is 49.7 Å². The lowest BCUT2D eigenvalue weighted by atomic mass is 9.88. The number of benzene rings is 3. The molecule has 0 spiro atoms. The first-order valence-corrected chi connectivity index (χ1v) is 13.5. The molecule has 188 valence electrons. The predicted octanol–water partition coefficient (Wildman–Crippen LogP) is 6.03. The Balaban J connectivity index is 1.13. The average Bonchev–Trinajstić information content (AvgIpc) is 3.22. The summed E-state index contributed by atoms with van der Waals surface area (Å²) in [7, 11) is 3.43. The third kappa shape index (κ3) is 5.37. The van der Waals surface area contributed by atoms with Crippen molar-refractivity contribution in [3.05, 3.63) is 76.1 Å². The molecule has 1 aliphatic rings. The van der Waals surface area contributed by atoms with Crippen LogP contribution in [0.25, 0.3) is 20.9 Å². The van der Waals surface area contributed by atoms with Gasteiger partial charge in [-0.3, -0.25) is 4.79 Å². The maximum absolute atomic E-state index is 12.4. The lowest BCUT2D eigenvalue weighted by Crippen LogP contribution is -2.40. The zero-order chi connectivity index (χ0) is 25.2. The van der Waals surface area contributed by atoms with Crippen LogP contribution in [0.15, 0.2) is 60.7 Å². The molecule has 1 atom stereocenters. The van der Waals surface area contributed by atoms with Crippen molar-refractivity contribution in [3.63, 3.8) is 0 Å². The summed E-state index contributed by atoms with van der Waals surface area (Å²) in [5.74, 6) is 1.12. The molecule has 1 unspecified atom stereocenters. The number of aliphatic hydroxyl groups is 1. The fourth-order valence-electron chi connectivity index (χ4n) is 4.93. The third-order valence-corrected chi connectivity index (χ3v) is 8.59. The van der Waals surface area contributed by atoms with E-state index in [0.29, 0.717) is 28.1 Å². The number of hydrogen-bond acceptors (Lipinski definition) is 5. The first kappa shape index (κ1) is 25.0. The van der Waals surface area contributed by atoms with Gasteiger partial charge in [0.1, 0.15) is 23.3 Å². The molecule has 1 saturated heterocycles. The summed E-state index contributed by atoms with van der Waals surface area (Å²) in [6.07, 6.45) is 1.61. The number of ether oxygens (including phenoxy) is 1. The van der Waals surface area contributed by atoms with Gasteiger partial charge in [-0.1, -0.05) is 54.1 Å². The number of amides is 1. The van der Waals surface area contributed by atoms with Crippen LogP contribution in [-0.2, 0) is 0 Å². The molecule has 1 aliphatic heterocycles. The number of fused-ring (bicyclic) bond motifs is 2. The van der Waals surface area contributed by atoms with E-state index in [1.807, 2.05) is 18.2 Å². The average molecular weight is 523 g/mol. The highest BCUT2D eigenvalue weighted by atomic mass is 35.5. The van der Waals surface area contributed by atoms with Crippen molar-refractivity contribution in [2.45, 2.75) is 24.9 Å². The van der Waals surface area contributed by atoms with Crippen LogP contribution in [-0.4, -0.2) is 67.3 Å². The topological polar surface area (TPSA) is 53.0 Å². The Labute approximate surface area is 220 Å². The van der Waals surface area contributed by atoms with E-state index in [1.54, 1.807) is 14.1 Å². The molecule has 1 amide bonds. The molecule has 0 aliphatic carbocycles. The van der Waals surface area contributed by atoms with Crippen molar-refractivity contribution in [1.82, 2.24) is 9.80 Å². The molecule has 5 rings (SSSR count). The molecule has 0 radical (unpaired) electrons. The number of thiophene rings is 1. The van der Waals surface area contributed by atoms with E-state index in [2.05, 4.69) is 47.4 Å². The Kier molecular flexibility index (Phi) is 7.49. The van der Waals surface area contributed by atoms with Crippen LogP contribution in [0.2, 0.25) is 5.02 Å². The van der Waals surface area contributed by atoms with Crippen LogP contribution in [0.3, 0.4) is 0 Å². The van der Waals surface area contributed by atoms with Gasteiger partial charge in [-0.15, -0.1) is 11.3 Å². The van der Waals surface area contributed by atoms with E-state index in [-0.39, 0.29) is 12.5 Å². The molecule has 0 saturated carbocycles. The lowest BCUT2D eigenvalue weighted by molar-refractivity contribution is 0.0595. The van der Waals surface area contributed by atoms with Gasteiger partial charge in [0.05, 0.1) is 5.02 Å². The van der Waals surface area contributed by atoms with Crippen molar-refractivity contribution in [2.75, 3.05) is 40.3 Å². The summed E-state index contributed by atoms with van der Waals surface area (Å²) in [5.41, 5.74) is 1.41. The number of hydrogen-bond donors (Lipinski definition) is 1. The number of aliphatic hydroxyl groups excluding tert-OH is 1. The molecule has 3 aromatic carbocycles. The van der Waals surface area contributed by atoms with Gasteiger partial charge in [0, 0.05) is 30.7 Å². The van der Waals surface area contributed by atoms with E-state index in [0.717, 1.165) is 36.0 Å². The van der Waals surface area contributed by atoms with Crippen LogP contribution in [0.1, 0.15) is 34.0 Å². The normalized spacial score (nSPS) is 15.9. The molecule has 5 nitrogen and oxygen atoms in total. The summed E-state index contributed by atoms with van der Waals surface area (Å²) in [6.45, 7) is 2.76. The molecule has 1 N–H and O–H groups in total. The molecule has 7 heteroatoms.